The van der Waals surface area contributed by atoms with Gasteiger partial charge in [0, 0.05) is 0 Å². The van der Waals surface area contributed by atoms with Crippen LogP contribution in [0.25, 0.3) is 0 Å². The molecule has 0 radical (unpaired) electrons. The molecule has 0 aromatic rings. The molecule has 0 atom stereocenters. The summed E-state index contributed by atoms with van der Waals surface area (Å²) in [7, 11) is -2.67. The Labute approximate surface area is 27.8 Å². The molecule has 0 aliphatic rings. The fourth-order valence-corrected chi connectivity index (χ4v) is 0. The minimum absolute atomic E-state index is 0. The van der Waals surface area contributed by atoms with Crippen LogP contribution in [0.3, 0.4) is 0 Å². The van der Waals surface area contributed by atoms with Crippen molar-refractivity contribution in [2.45, 2.75) is 0 Å². The van der Waals surface area contributed by atoms with E-state index in [2.05, 4.69) is 0 Å². The third-order valence-corrected chi connectivity index (χ3v) is 0. The maximum Gasteiger partial charge on any atom is 0.674 e. The first-order valence-electron chi connectivity index (χ1n) is 0.735. The molecule has 5 heteroatoms. The highest BCUT2D eigenvalue weighted by molar-refractivity contribution is 6.31. The number of hydrogen-bond donors (Lipinski definition) is 2. The lowest BCUT2D eigenvalue weighted by Gasteiger charge is -1.65. The predicted octanol–water partition coefficient (Wildman–Crippen LogP) is -0.922. The molecule has 32 valence electrons. The molecule has 2 N–H and O–H groups in total. The van der Waals surface area contributed by atoms with Gasteiger partial charge in [-0.15, -0.1) is 0 Å². The van der Waals surface area contributed by atoms with E-state index in [4.69, 9.17) is 10.0 Å². The standard InChI is InChI=1S/BFH2O2.FH/c2-1(3)4;/h3-4H;1H. The largest absolute Gasteiger partial charge is 0.674 e. The Morgan fingerprint density at radius 2 is 1.40 bits per heavy atom. The van der Waals surface area contributed by atoms with Crippen LogP contribution in [0, 0.1) is 0 Å². The van der Waals surface area contributed by atoms with Gasteiger partial charge in [0.1, 0.15) is 0 Å². The fourth-order valence-electron chi connectivity index (χ4n) is 0. The second kappa shape index (κ2) is 3.84. The van der Waals surface area contributed by atoms with Crippen molar-refractivity contribution in [2.24, 2.45) is 0 Å². The van der Waals surface area contributed by atoms with Gasteiger partial charge in [-0.1, -0.05) is 0 Å². The fraction of sp³-hybridized carbons (Fsp3) is 0. The molecule has 0 saturated heterocycles. The number of halogens is 2. The van der Waals surface area contributed by atoms with Crippen LogP contribution < -0.4 is 0 Å². The summed E-state index contributed by atoms with van der Waals surface area (Å²) in [6.07, 6.45) is 0. The Kier molecular flexibility index (Phi) is 6.81. The molecule has 0 bridgehead atoms. The average Bonchev–Trinajstić information content (AvgIpc) is 0.811. The first-order valence-corrected chi connectivity index (χ1v) is 0.735. The highest BCUT2D eigenvalue weighted by atomic mass is 19.1. The Morgan fingerprint density at radius 1 is 1.40 bits per heavy atom. The zero-order chi connectivity index (χ0) is 3.58. The molecule has 0 amide bonds. The monoisotopic (exact) mass is 84.0 g/mol. The maximum atomic E-state index is 10.1. The zero-order valence-corrected chi connectivity index (χ0v) is 2.26. The minimum atomic E-state index is -2.67. The van der Waals surface area contributed by atoms with Crippen LogP contribution in [0.15, 0.2) is 0 Å². The van der Waals surface area contributed by atoms with E-state index in [1.807, 2.05) is 0 Å². The highest BCUT2D eigenvalue weighted by Gasteiger charge is 1.97. The number of rotatable bonds is 0. The lowest BCUT2D eigenvalue weighted by molar-refractivity contribution is 0.340. The van der Waals surface area contributed by atoms with Gasteiger partial charge in [0.15, 0.2) is 0 Å². The average molecular weight is 83.8 g/mol. The third-order valence-electron chi connectivity index (χ3n) is 0. The van der Waals surface area contributed by atoms with E-state index in [0.717, 1.165) is 0 Å². The molecule has 0 unspecified atom stereocenters. The van der Waals surface area contributed by atoms with Crippen molar-refractivity contribution < 1.29 is 19.1 Å². The Hall–Kier alpha value is -0.155. The second-order valence-electron chi connectivity index (χ2n) is 0.311. The summed E-state index contributed by atoms with van der Waals surface area (Å²) < 4.78 is 10.1. The minimum Gasteiger partial charge on any atom is -0.398 e. The molecular weight excluding hydrogens is 80.8 g/mol. The van der Waals surface area contributed by atoms with Crippen molar-refractivity contribution in [2.75, 3.05) is 0 Å². The summed E-state index contributed by atoms with van der Waals surface area (Å²) in [6.45, 7) is 0. The van der Waals surface area contributed by atoms with Gasteiger partial charge in [-0.25, -0.2) is 0 Å². The van der Waals surface area contributed by atoms with Gasteiger partial charge >= 0.3 is 7.40 Å². The zero-order valence-electron chi connectivity index (χ0n) is 2.26. The Morgan fingerprint density at radius 3 is 1.40 bits per heavy atom. The first kappa shape index (κ1) is 8.85. The summed E-state index contributed by atoms with van der Waals surface area (Å²) in [4.78, 5) is 0. The van der Waals surface area contributed by atoms with Gasteiger partial charge in [0.05, 0.1) is 0 Å². The van der Waals surface area contributed by atoms with Gasteiger partial charge in [0.2, 0.25) is 0 Å². The van der Waals surface area contributed by atoms with Gasteiger partial charge in [-0.05, 0) is 0 Å². The van der Waals surface area contributed by atoms with Crippen LogP contribution in [0.5, 0.6) is 0 Å². The van der Waals surface area contributed by atoms with E-state index >= 15 is 0 Å². The molecule has 0 aliphatic heterocycles. The molecule has 0 saturated carbocycles. The summed E-state index contributed by atoms with van der Waals surface area (Å²) in [5.41, 5.74) is 0. The van der Waals surface area contributed by atoms with Crippen molar-refractivity contribution in [1.29, 1.82) is 0 Å². The molecule has 2 nitrogen and oxygen atoms in total. The summed E-state index contributed by atoms with van der Waals surface area (Å²) in [5, 5.41) is 13.9. The molecule has 5 heavy (non-hydrogen) atoms. The highest BCUT2D eigenvalue weighted by Crippen LogP contribution is 1.57. The summed E-state index contributed by atoms with van der Waals surface area (Å²) >= 11 is 0. The van der Waals surface area contributed by atoms with Gasteiger partial charge < -0.3 is 10.0 Å². The SMILES string of the molecule is F.OB(O)F. The molecule has 0 aromatic carbocycles. The van der Waals surface area contributed by atoms with E-state index < -0.39 is 7.40 Å². The lowest BCUT2D eigenvalue weighted by atomic mass is 10.3. The molecule has 0 fully saturated rings. The summed E-state index contributed by atoms with van der Waals surface area (Å²) in [6, 6.07) is 0. The Bertz CT molecular complexity index is 12.4. The second-order valence-corrected chi connectivity index (χ2v) is 0.311. The van der Waals surface area contributed by atoms with Crippen LogP contribution in [0.2, 0.25) is 0 Å². The first-order chi connectivity index (χ1) is 1.73. The number of hydrogen-bond acceptors (Lipinski definition) is 2. The van der Waals surface area contributed by atoms with Gasteiger partial charge in [0.25, 0.3) is 0 Å². The normalized spacial score (nSPS) is 5.40. The predicted molar refractivity (Wildman–Crippen MR) is 13.8 cm³/mol. The summed E-state index contributed by atoms with van der Waals surface area (Å²) in [5.74, 6) is 0. The van der Waals surface area contributed by atoms with Crippen molar-refractivity contribution in [3.8, 4) is 0 Å². The molecule has 0 spiro atoms. The van der Waals surface area contributed by atoms with Gasteiger partial charge in [-0.2, -0.15) is 0 Å². The van der Waals surface area contributed by atoms with Crippen LogP contribution in [-0.4, -0.2) is 17.4 Å². The van der Waals surface area contributed by atoms with E-state index in [0.29, 0.717) is 0 Å². The van der Waals surface area contributed by atoms with Gasteiger partial charge in [-0.3, -0.25) is 9.02 Å². The quantitative estimate of drug-likeness (QED) is 0.372. The third kappa shape index (κ3) is 544. The topological polar surface area (TPSA) is 40.5 Å². The molecule has 0 heterocycles. The van der Waals surface area contributed by atoms with Crippen molar-refractivity contribution in [3.05, 3.63) is 0 Å². The molecule has 0 aliphatic carbocycles. The molecule has 0 rings (SSSR count). The van der Waals surface area contributed by atoms with E-state index in [1.165, 1.54) is 0 Å². The van der Waals surface area contributed by atoms with Crippen molar-refractivity contribution in [3.63, 3.8) is 0 Å². The van der Waals surface area contributed by atoms with Crippen molar-refractivity contribution in [1.82, 2.24) is 0 Å². The van der Waals surface area contributed by atoms with Crippen LogP contribution in [0.4, 0.5) is 9.02 Å². The molecular formula is H3BF2O2. The smallest absolute Gasteiger partial charge is 0.398 e. The van der Waals surface area contributed by atoms with Crippen LogP contribution in [-0.2, 0) is 0 Å². The molecule has 0 aromatic heterocycles. The van der Waals surface area contributed by atoms with E-state index in [-0.39, 0.29) is 4.70 Å². The van der Waals surface area contributed by atoms with E-state index in [9.17, 15) is 4.32 Å². The van der Waals surface area contributed by atoms with Crippen LogP contribution in [0.1, 0.15) is 0 Å². The Balaban J connectivity index is 0. The van der Waals surface area contributed by atoms with Crippen LogP contribution >= 0.6 is 0 Å². The van der Waals surface area contributed by atoms with Crippen molar-refractivity contribution >= 4 is 7.40 Å². The lowest BCUT2D eigenvalue weighted by Crippen LogP contribution is -1.98. The maximum absolute atomic E-state index is 10.1. The van der Waals surface area contributed by atoms with E-state index in [1.54, 1.807) is 0 Å².